The van der Waals surface area contributed by atoms with Crippen LogP contribution in [0, 0.1) is 0 Å². The van der Waals surface area contributed by atoms with Crippen LogP contribution in [-0.4, -0.2) is 79.0 Å². The first-order valence-electron chi connectivity index (χ1n) is 10.9. The third-order valence-electron chi connectivity index (χ3n) is 5.81. The van der Waals surface area contributed by atoms with Gasteiger partial charge in [-0.15, -0.1) is 15.3 Å². The van der Waals surface area contributed by atoms with Gasteiger partial charge in [-0.25, -0.2) is 0 Å². The molecule has 33 heavy (non-hydrogen) atoms. The number of carbonyl (C=O) groups is 1. The highest BCUT2D eigenvalue weighted by molar-refractivity contribution is 6.32. The van der Waals surface area contributed by atoms with E-state index >= 15 is 0 Å². The lowest BCUT2D eigenvalue weighted by Crippen LogP contribution is -2.44. The summed E-state index contributed by atoms with van der Waals surface area (Å²) in [6.45, 7) is 4.35. The minimum Gasteiger partial charge on any atom is -0.492 e. The van der Waals surface area contributed by atoms with Gasteiger partial charge in [0.15, 0.2) is 0 Å². The van der Waals surface area contributed by atoms with E-state index in [2.05, 4.69) is 30.7 Å². The summed E-state index contributed by atoms with van der Waals surface area (Å²) in [7, 11) is 0. The molecule has 2 aliphatic heterocycles. The number of aryl methyl sites for hydroxylation is 1. The molecule has 12 heteroatoms. The second-order valence-corrected chi connectivity index (χ2v) is 8.62. The Bertz CT molecular complexity index is 1090. The summed E-state index contributed by atoms with van der Waals surface area (Å²) < 4.78 is 15.7. The molecule has 1 amide bonds. The van der Waals surface area contributed by atoms with Gasteiger partial charge >= 0.3 is 0 Å². The zero-order chi connectivity index (χ0) is 22.6. The lowest BCUT2D eigenvalue weighted by atomic mass is 10.1. The lowest BCUT2D eigenvalue weighted by molar-refractivity contribution is 0.0295. The van der Waals surface area contributed by atoms with Crippen LogP contribution in [0.4, 0.5) is 0 Å². The van der Waals surface area contributed by atoms with E-state index in [0.29, 0.717) is 49.2 Å². The number of aromatic nitrogens is 6. The van der Waals surface area contributed by atoms with Crippen LogP contribution in [0.2, 0.25) is 5.02 Å². The maximum Gasteiger partial charge on any atom is 0.251 e. The van der Waals surface area contributed by atoms with E-state index < -0.39 is 0 Å². The number of nitrogens with one attached hydrogen (secondary N) is 1. The van der Waals surface area contributed by atoms with Crippen molar-refractivity contribution in [1.29, 1.82) is 0 Å². The molecular formula is C21H25ClN8O3. The van der Waals surface area contributed by atoms with Gasteiger partial charge in [-0.2, -0.15) is 0 Å². The second kappa shape index (κ2) is 9.86. The Hall–Kier alpha value is -3.02. The first-order chi connectivity index (χ1) is 16.1. The normalized spacial score (nSPS) is 21.9. The molecule has 4 heterocycles. The van der Waals surface area contributed by atoms with Crippen LogP contribution in [0.5, 0.6) is 5.75 Å². The highest BCUT2D eigenvalue weighted by Crippen LogP contribution is 2.26. The van der Waals surface area contributed by atoms with Crippen molar-refractivity contribution >= 4 is 17.5 Å². The maximum atomic E-state index is 13.0. The van der Waals surface area contributed by atoms with E-state index in [4.69, 9.17) is 21.1 Å². The van der Waals surface area contributed by atoms with Gasteiger partial charge in [-0.05, 0) is 18.2 Å². The molecule has 4 bridgehead atoms. The number of nitrogens with zero attached hydrogens (tertiary/aromatic N) is 7. The first-order valence-corrected chi connectivity index (χ1v) is 11.3. The van der Waals surface area contributed by atoms with Crippen molar-refractivity contribution in [3.05, 3.63) is 53.3 Å². The molecule has 1 saturated heterocycles. The van der Waals surface area contributed by atoms with Crippen molar-refractivity contribution in [1.82, 2.24) is 40.0 Å². The van der Waals surface area contributed by atoms with E-state index in [1.165, 1.54) is 0 Å². The molecule has 2 atom stereocenters. The second-order valence-electron chi connectivity index (χ2n) is 8.21. The summed E-state index contributed by atoms with van der Waals surface area (Å²) in [6, 6.07) is 4.90. The topological polar surface area (TPSA) is 112 Å². The molecule has 1 aromatic carbocycles. The number of likely N-dealkylation sites (tertiary alicyclic amines) is 1. The minimum absolute atomic E-state index is 0.179. The van der Waals surface area contributed by atoms with E-state index in [1.54, 1.807) is 35.5 Å². The van der Waals surface area contributed by atoms with Crippen LogP contribution in [0.25, 0.3) is 0 Å². The summed E-state index contributed by atoms with van der Waals surface area (Å²) in [5.41, 5.74) is 1.25. The molecule has 2 aromatic heterocycles. The van der Waals surface area contributed by atoms with Crippen molar-refractivity contribution in [2.45, 2.75) is 38.3 Å². The Morgan fingerprint density at radius 3 is 2.94 bits per heavy atom. The number of carbonyl (C=O) groups excluding carboxylic acids is 1. The maximum absolute atomic E-state index is 13.0. The van der Waals surface area contributed by atoms with Gasteiger partial charge in [0.05, 0.1) is 36.6 Å². The number of ether oxygens (including phenoxy) is 2. The largest absolute Gasteiger partial charge is 0.492 e. The number of halogens is 1. The molecular weight excluding hydrogens is 448 g/mol. The molecule has 2 aliphatic rings. The van der Waals surface area contributed by atoms with Crippen LogP contribution < -0.4 is 10.1 Å². The Morgan fingerprint density at radius 2 is 2.06 bits per heavy atom. The number of hydrogen-bond acceptors (Lipinski definition) is 8. The van der Waals surface area contributed by atoms with Gasteiger partial charge in [-0.1, -0.05) is 16.8 Å². The standard InChI is InChI=1S/C21H25ClN8O3/c22-17-3-2-15-8-19(17)32-7-1-4-30-9-16(26-27-30)12-33-20-11-28(10-18(20)25-21(15)31)5-6-29-13-23-24-14-29/h2-3,8-9,13-14,18,20H,1,4-7,10-12H2,(H,25,31)/t18-,20-/m0/s1. The molecule has 1 fully saturated rings. The highest BCUT2D eigenvalue weighted by atomic mass is 35.5. The number of benzene rings is 1. The van der Waals surface area contributed by atoms with Crippen LogP contribution in [0.1, 0.15) is 22.5 Å². The predicted molar refractivity (Wildman–Crippen MR) is 118 cm³/mol. The van der Waals surface area contributed by atoms with Gasteiger partial charge < -0.3 is 19.4 Å². The fourth-order valence-corrected chi connectivity index (χ4v) is 4.23. The van der Waals surface area contributed by atoms with E-state index in [0.717, 1.165) is 25.2 Å². The molecule has 0 saturated carbocycles. The van der Waals surface area contributed by atoms with E-state index in [1.807, 2.05) is 10.8 Å². The van der Waals surface area contributed by atoms with Gasteiger partial charge in [0.2, 0.25) is 0 Å². The van der Waals surface area contributed by atoms with Crippen LogP contribution in [0.15, 0.2) is 37.1 Å². The molecule has 0 unspecified atom stereocenters. The van der Waals surface area contributed by atoms with E-state index in [-0.39, 0.29) is 18.1 Å². The molecule has 0 aliphatic carbocycles. The van der Waals surface area contributed by atoms with Crippen molar-refractivity contribution in [2.24, 2.45) is 0 Å². The fourth-order valence-electron chi connectivity index (χ4n) is 4.06. The highest BCUT2D eigenvalue weighted by Gasteiger charge is 2.35. The number of hydrogen-bond donors (Lipinski definition) is 1. The lowest BCUT2D eigenvalue weighted by Gasteiger charge is -2.20. The quantitative estimate of drug-likeness (QED) is 0.601. The summed E-state index contributed by atoms with van der Waals surface area (Å²) in [6.07, 6.45) is 5.81. The monoisotopic (exact) mass is 472 g/mol. The molecule has 0 radical (unpaired) electrons. The Balaban J connectivity index is 1.34. The average molecular weight is 473 g/mol. The number of amides is 1. The zero-order valence-corrected chi connectivity index (χ0v) is 18.8. The predicted octanol–water partition coefficient (Wildman–Crippen LogP) is 1.01. The zero-order valence-electron chi connectivity index (χ0n) is 18.0. The van der Waals surface area contributed by atoms with Crippen molar-refractivity contribution < 1.29 is 14.3 Å². The Labute approximate surface area is 195 Å². The van der Waals surface area contributed by atoms with Crippen molar-refractivity contribution in [3.63, 3.8) is 0 Å². The minimum atomic E-state index is -0.186. The first kappa shape index (κ1) is 21.8. The number of rotatable bonds is 3. The van der Waals surface area contributed by atoms with Crippen LogP contribution >= 0.6 is 11.6 Å². The molecule has 3 aromatic rings. The summed E-state index contributed by atoms with van der Waals surface area (Å²) in [4.78, 5) is 15.3. The smallest absolute Gasteiger partial charge is 0.251 e. The summed E-state index contributed by atoms with van der Waals surface area (Å²) in [5, 5.41) is 19.7. The average Bonchev–Trinajstić information content (AvgIpc) is 3.56. The van der Waals surface area contributed by atoms with Gasteiger partial charge in [0.1, 0.15) is 24.1 Å². The number of fused-ring (bicyclic) bond motifs is 5. The molecule has 174 valence electrons. The third-order valence-corrected chi connectivity index (χ3v) is 6.13. The van der Waals surface area contributed by atoms with Crippen molar-refractivity contribution in [3.8, 4) is 5.75 Å². The molecule has 11 nitrogen and oxygen atoms in total. The molecule has 1 N–H and O–H groups in total. The van der Waals surface area contributed by atoms with Crippen LogP contribution in [0.3, 0.4) is 0 Å². The Kier molecular flexibility index (Phi) is 6.51. The van der Waals surface area contributed by atoms with Gasteiger partial charge in [-0.3, -0.25) is 14.4 Å². The third kappa shape index (κ3) is 5.32. The van der Waals surface area contributed by atoms with E-state index in [9.17, 15) is 4.79 Å². The Morgan fingerprint density at radius 1 is 1.18 bits per heavy atom. The van der Waals surface area contributed by atoms with Gasteiger partial charge in [0.25, 0.3) is 5.91 Å². The SMILES string of the molecule is O=C1N[C@H]2CN(CCn3cnnc3)C[C@@H]2OCc2cn(nn2)CCCOc2cc1ccc2Cl. The van der Waals surface area contributed by atoms with Crippen molar-refractivity contribution in [2.75, 3.05) is 26.2 Å². The van der Waals surface area contributed by atoms with Gasteiger partial charge in [0, 0.05) is 44.7 Å². The molecule has 0 spiro atoms. The summed E-state index contributed by atoms with van der Waals surface area (Å²) in [5.74, 6) is 0.305. The fraction of sp³-hybridized carbons (Fsp3) is 0.476. The molecule has 5 rings (SSSR count). The van der Waals surface area contributed by atoms with Crippen LogP contribution in [-0.2, 0) is 24.4 Å². The summed E-state index contributed by atoms with van der Waals surface area (Å²) >= 11 is 6.28.